The first-order valence-electron chi connectivity index (χ1n) is 15.1. The van der Waals surface area contributed by atoms with Crippen LogP contribution >= 0.6 is 0 Å². The van der Waals surface area contributed by atoms with Crippen molar-refractivity contribution in [2.75, 3.05) is 13.2 Å². The summed E-state index contributed by atoms with van der Waals surface area (Å²) in [5, 5.41) is 4.16. The number of aromatic nitrogens is 2. The third kappa shape index (κ3) is 6.01. The van der Waals surface area contributed by atoms with Gasteiger partial charge in [0.15, 0.2) is 11.9 Å². The summed E-state index contributed by atoms with van der Waals surface area (Å²) in [6.07, 6.45) is 1.92. The van der Waals surface area contributed by atoms with E-state index in [1.165, 1.54) is 17.8 Å². The van der Waals surface area contributed by atoms with E-state index in [-0.39, 0.29) is 17.8 Å². The van der Waals surface area contributed by atoms with E-state index in [1.54, 1.807) is 28.8 Å². The monoisotopic (exact) mass is 630 g/mol. The highest BCUT2D eigenvalue weighted by Gasteiger charge is 2.22. The molecule has 3 heterocycles. The molecule has 0 radical (unpaired) electrons. The Morgan fingerprint density at radius 2 is 1.11 bits per heavy atom. The lowest BCUT2D eigenvalue weighted by Crippen LogP contribution is -2.24. The van der Waals surface area contributed by atoms with Crippen LogP contribution in [0.4, 0.5) is 0 Å². The van der Waals surface area contributed by atoms with Crippen molar-refractivity contribution in [2.24, 2.45) is 32.9 Å². The molecule has 12 nitrogen and oxygen atoms in total. The Bertz CT molecular complexity index is 2250. The number of carbonyl (C=O) groups is 3. The minimum Gasteiger partial charge on any atom is -0.381 e. The number of carbonyl (C=O) groups excluding carboxylic acids is 3. The van der Waals surface area contributed by atoms with Gasteiger partial charge in [-0.15, -0.1) is 0 Å². The Morgan fingerprint density at radius 1 is 0.638 bits per heavy atom. The number of aliphatic imine (C=N–C) groups is 2. The second-order valence-corrected chi connectivity index (χ2v) is 11.2. The molecule has 0 spiro atoms. The number of ether oxygens (including phenoxy) is 1. The van der Waals surface area contributed by atoms with Crippen molar-refractivity contribution < 1.29 is 19.1 Å². The summed E-state index contributed by atoms with van der Waals surface area (Å²) in [4.78, 5) is 43.4. The largest absolute Gasteiger partial charge is 0.381 e. The van der Waals surface area contributed by atoms with Gasteiger partial charge in [-0.05, 0) is 49.2 Å². The summed E-state index contributed by atoms with van der Waals surface area (Å²) < 4.78 is 9.43. The predicted octanol–water partition coefficient (Wildman–Crippen LogP) is 4.43. The van der Waals surface area contributed by atoms with Crippen LogP contribution in [0.1, 0.15) is 51.3 Å². The van der Waals surface area contributed by atoms with Crippen molar-refractivity contribution >= 4 is 73.3 Å². The number of rotatable bonds is 3. The number of fused-ring (bicyclic) bond motifs is 6. The third-order valence-electron chi connectivity index (χ3n) is 8.21. The lowest BCUT2D eigenvalue weighted by Gasteiger charge is -2.25. The van der Waals surface area contributed by atoms with Crippen molar-refractivity contribution in [1.82, 2.24) is 9.13 Å². The van der Waals surface area contributed by atoms with Gasteiger partial charge in [0.2, 0.25) is 5.91 Å². The lowest BCUT2D eigenvalue weighted by molar-refractivity contribution is 0.0717. The smallest absolute Gasteiger partial charge is 0.280 e. The van der Waals surface area contributed by atoms with E-state index in [4.69, 9.17) is 27.7 Å². The number of amides is 2. The molecule has 1 fully saturated rings. The van der Waals surface area contributed by atoms with Gasteiger partial charge in [0.05, 0.1) is 16.6 Å². The summed E-state index contributed by atoms with van der Waals surface area (Å²) in [5.41, 5.74) is 25.6. The summed E-state index contributed by atoms with van der Waals surface area (Å²) in [7, 11) is 0. The number of nitrogens with two attached hydrogens (primary N) is 4. The van der Waals surface area contributed by atoms with E-state index in [2.05, 4.69) is 26.7 Å². The number of benzene rings is 4. The molecule has 0 aliphatic carbocycles. The van der Waals surface area contributed by atoms with E-state index in [0.29, 0.717) is 22.7 Å². The first kappa shape index (κ1) is 31.0. The zero-order valence-corrected chi connectivity index (χ0v) is 25.7. The number of para-hydroxylation sites is 2. The molecule has 0 atom stereocenters. The fourth-order valence-corrected chi connectivity index (χ4v) is 6.28. The highest BCUT2D eigenvalue weighted by molar-refractivity contribution is 6.15. The molecule has 0 saturated carbocycles. The van der Waals surface area contributed by atoms with Gasteiger partial charge < -0.3 is 32.2 Å². The van der Waals surface area contributed by atoms with Crippen LogP contribution in [-0.4, -0.2) is 52.0 Å². The molecule has 7 rings (SSSR count). The fourth-order valence-electron chi connectivity index (χ4n) is 6.28. The number of hydrogen-bond acceptors (Lipinski definition) is 4. The Morgan fingerprint density at radius 3 is 1.66 bits per heavy atom. The van der Waals surface area contributed by atoms with Crippen LogP contribution in [0.3, 0.4) is 0 Å². The van der Waals surface area contributed by atoms with E-state index >= 15 is 0 Å². The number of hydrogen-bond donors (Lipinski definition) is 4. The first-order chi connectivity index (χ1) is 22.6. The summed E-state index contributed by atoms with van der Waals surface area (Å²) in [6.45, 7) is 2.99. The highest BCUT2D eigenvalue weighted by atomic mass is 16.5. The van der Waals surface area contributed by atoms with Crippen molar-refractivity contribution in [1.29, 1.82) is 0 Å². The fraction of sp³-hybridized carbons (Fsp3) is 0.171. The van der Waals surface area contributed by atoms with Crippen molar-refractivity contribution in [2.45, 2.75) is 25.8 Å². The predicted molar refractivity (Wildman–Crippen MR) is 185 cm³/mol. The van der Waals surface area contributed by atoms with E-state index < -0.39 is 11.8 Å². The summed E-state index contributed by atoms with van der Waals surface area (Å²) >= 11 is 0. The zero-order chi connectivity index (χ0) is 33.2. The van der Waals surface area contributed by atoms with Crippen LogP contribution in [0.25, 0.3) is 43.6 Å². The Balaban J connectivity index is 0.000000166. The maximum atomic E-state index is 12.2. The standard InChI is InChI=1S/C19H20N4O2.C16H14N4O2/c20-19(21)22-18(24)12-5-6-15-14-3-1-2-4-16(14)23(17(15)11-12)13-7-9-25-10-8-13;1-9(21)20-13-5-3-2-4-11(13)12-7-6-10(8-14(12)20)15(22)19-16(17)18/h1-6,11,13H,7-10H2,(H4,20,21,22,24);2-8H,1H3,(H4,17,18,19,22). The average molecular weight is 631 g/mol. The molecular weight excluding hydrogens is 596 g/mol. The molecule has 8 N–H and O–H groups in total. The van der Waals surface area contributed by atoms with E-state index in [0.717, 1.165) is 53.2 Å². The second kappa shape index (κ2) is 12.8. The van der Waals surface area contributed by atoms with Gasteiger partial charge in [-0.2, -0.15) is 9.98 Å². The molecule has 0 bridgehead atoms. The molecular formula is C35H34N8O4. The molecule has 0 unspecified atom stereocenters. The maximum Gasteiger partial charge on any atom is 0.280 e. The maximum absolute atomic E-state index is 12.2. The van der Waals surface area contributed by atoms with Gasteiger partial charge in [-0.3, -0.25) is 19.0 Å². The minimum atomic E-state index is -0.540. The van der Waals surface area contributed by atoms with E-state index in [9.17, 15) is 14.4 Å². The SMILES string of the molecule is CC(=O)n1c2ccccc2c2ccc(C(=O)N=C(N)N)cc21.NC(N)=NC(=O)c1ccc2c3ccccc3n(C3CCOCC3)c2c1. The first-order valence-corrected chi connectivity index (χ1v) is 15.1. The Kier molecular flexibility index (Phi) is 8.42. The van der Waals surface area contributed by atoms with Crippen LogP contribution in [-0.2, 0) is 4.74 Å². The summed E-state index contributed by atoms with van der Waals surface area (Å²) in [6, 6.07) is 27.0. The van der Waals surface area contributed by atoms with Crippen molar-refractivity contribution in [3.05, 3.63) is 96.1 Å². The molecule has 47 heavy (non-hydrogen) atoms. The third-order valence-corrected chi connectivity index (χ3v) is 8.21. The minimum absolute atomic E-state index is 0.127. The normalized spacial score (nSPS) is 13.3. The van der Waals surface area contributed by atoms with Crippen molar-refractivity contribution in [3.63, 3.8) is 0 Å². The molecule has 238 valence electrons. The molecule has 1 saturated heterocycles. The van der Waals surface area contributed by atoms with Gasteiger partial charge in [0.1, 0.15) is 0 Å². The van der Waals surface area contributed by atoms with Gasteiger partial charge in [0.25, 0.3) is 11.8 Å². The van der Waals surface area contributed by atoms with Crippen LogP contribution < -0.4 is 22.9 Å². The van der Waals surface area contributed by atoms with Crippen LogP contribution in [0.2, 0.25) is 0 Å². The van der Waals surface area contributed by atoms with Gasteiger partial charge in [-0.1, -0.05) is 48.5 Å². The number of nitrogens with zero attached hydrogens (tertiary/aromatic N) is 4. The van der Waals surface area contributed by atoms with Crippen LogP contribution in [0.5, 0.6) is 0 Å². The molecule has 6 aromatic rings. The van der Waals surface area contributed by atoms with Crippen LogP contribution in [0, 0.1) is 0 Å². The Labute approximate surface area is 269 Å². The molecule has 1 aliphatic rings. The lowest BCUT2D eigenvalue weighted by atomic mass is 10.1. The quantitative estimate of drug-likeness (QED) is 0.163. The molecule has 1 aliphatic heterocycles. The Hall–Kier alpha value is -6.01. The van der Waals surface area contributed by atoms with E-state index in [1.807, 2.05) is 48.5 Å². The van der Waals surface area contributed by atoms with Crippen molar-refractivity contribution in [3.8, 4) is 0 Å². The van der Waals surface area contributed by atoms with Crippen LogP contribution in [0.15, 0.2) is 94.9 Å². The molecule has 12 heteroatoms. The topological polar surface area (TPSA) is 199 Å². The zero-order valence-electron chi connectivity index (χ0n) is 25.7. The number of guanidine groups is 2. The second-order valence-electron chi connectivity index (χ2n) is 11.2. The van der Waals surface area contributed by atoms with Gasteiger partial charge in [-0.25, -0.2) is 0 Å². The highest BCUT2D eigenvalue weighted by Crippen LogP contribution is 2.36. The molecule has 2 aromatic heterocycles. The molecule has 4 aromatic carbocycles. The summed E-state index contributed by atoms with van der Waals surface area (Å²) in [5.74, 6) is -1.61. The van der Waals surface area contributed by atoms with Gasteiger partial charge in [0, 0.05) is 64.4 Å². The van der Waals surface area contributed by atoms with Gasteiger partial charge >= 0.3 is 0 Å². The average Bonchev–Trinajstić information content (AvgIpc) is 3.57. The molecule has 2 amide bonds.